The van der Waals surface area contributed by atoms with Crippen LogP contribution in [0.25, 0.3) is 0 Å². The highest BCUT2D eigenvalue weighted by Gasteiger charge is 2.19. The Morgan fingerprint density at radius 2 is 1.77 bits per heavy atom. The molecule has 1 atom stereocenters. The Bertz CT molecular complexity index is 967. The van der Waals surface area contributed by atoms with Crippen LogP contribution in [0.1, 0.15) is 38.8 Å². The molecule has 0 aliphatic carbocycles. The molecule has 1 aromatic heterocycles. The third-order valence-electron chi connectivity index (χ3n) is 4.14. The summed E-state index contributed by atoms with van der Waals surface area (Å²) in [4.78, 5) is 27.1. The molecule has 0 spiro atoms. The molecule has 1 amide bonds. The van der Waals surface area contributed by atoms with Crippen molar-refractivity contribution in [3.63, 3.8) is 0 Å². The summed E-state index contributed by atoms with van der Waals surface area (Å²) in [7, 11) is 0. The number of hydrogen-bond donors (Lipinski definition) is 2. The fourth-order valence-electron chi connectivity index (χ4n) is 2.83. The van der Waals surface area contributed by atoms with Gasteiger partial charge in [-0.05, 0) is 30.2 Å². The van der Waals surface area contributed by atoms with Crippen molar-refractivity contribution in [2.45, 2.75) is 19.6 Å². The van der Waals surface area contributed by atoms with Gasteiger partial charge in [-0.2, -0.15) is 0 Å². The Balaban J connectivity index is 1.96. The van der Waals surface area contributed by atoms with Crippen LogP contribution < -0.4 is 10.9 Å². The minimum absolute atomic E-state index is 0.0456. The first-order valence-corrected chi connectivity index (χ1v) is 8.29. The van der Waals surface area contributed by atoms with Crippen molar-refractivity contribution < 1.29 is 9.18 Å². The van der Waals surface area contributed by atoms with E-state index < -0.39 is 24.2 Å². The van der Waals surface area contributed by atoms with Crippen molar-refractivity contribution in [3.05, 3.63) is 105 Å². The fourth-order valence-corrected chi connectivity index (χ4v) is 2.83. The lowest BCUT2D eigenvalue weighted by Gasteiger charge is -2.20. The third kappa shape index (κ3) is 3.88. The van der Waals surface area contributed by atoms with Crippen LogP contribution in [-0.2, 0) is 6.67 Å². The number of alkyl halides is 1. The number of carbonyl (C=O) groups excluding carboxylic acids is 1. The molecular weight excluding hydrogens is 331 g/mol. The van der Waals surface area contributed by atoms with Gasteiger partial charge in [-0.25, -0.2) is 4.39 Å². The normalized spacial score (nSPS) is 11.8. The van der Waals surface area contributed by atoms with E-state index in [4.69, 9.17) is 0 Å². The number of nitrogens with one attached hydrogen (secondary N) is 2. The molecule has 0 saturated carbocycles. The Hall–Kier alpha value is -3.21. The number of H-pyrrole nitrogens is 1. The number of amides is 1. The number of aromatic nitrogens is 1. The fraction of sp³-hybridized carbons (Fsp3) is 0.143. The summed E-state index contributed by atoms with van der Waals surface area (Å²) in [5, 5.41) is 2.92. The summed E-state index contributed by atoms with van der Waals surface area (Å²) in [6.45, 7) is 1.20. The Morgan fingerprint density at radius 1 is 1.04 bits per heavy atom. The molecule has 5 heteroatoms. The van der Waals surface area contributed by atoms with Gasteiger partial charge in [0.25, 0.3) is 11.5 Å². The van der Waals surface area contributed by atoms with Crippen molar-refractivity contribution in [2.75, 3.05) is 0 Å². The van der Waals surface area contributed by atoms with Crippen molar-refractivity contribution in [3.8, 4) is 0 Å². The molecule has 3 aromatic rings. The molecule has 132 valence electrons. The Labute approximate surface area is 150 Å². The molecule has 2 aromatic carbocycles. The number of benzene rings is 2. The predicted octanol–water partition coefficient (Wildman–Crippen LogP) is 3.67. The van der Waals surface area contributed by atoms with Crippen LogP contribution in [0.4, 0.5) is 4.39 Å². The number of aromatic amines is 1. The maximum absolute atomic E-state index is 12.7. The van der Waals surface area contributed by atoms with Gasteiger partial charge in [-0.3, -0.25) is 9.59 Å². The van der Waals surface area contributed by atoms with E-state index in [1.165, 1.54) is 12.1 Å². The van der Waals surface area contributed by atoms with Crippen molar-refractivity contribution in [1.82, 2.24) is 10.3 Å². The van der Waals surface area contributed by atoms with Gasteiger partial charge >= 0.3 is 0 Å². The SMILES string of the molecule is Cc1cccc(C(NC(=O)c2ccc(CF)[nH]c2=O)c2ccccc2)c1. The summed E-state index contributed by atoms with van der Waals surface area (Å²) >= 11 is 0. The molecule has 0 aliphatic heterocycles. The van der Waals surface area contributed by atoms with Gasteiger partial charge in [0.15, 0.2) is 0 Å². The van der Waals surface area contributed by atoms with Crippen molar-refractivity contribution >= 4 is 5.91 Å². The molecule has 3 rings (SSSR count). The van der Waals surface area contributed by atoms with E-state index in [0.717, 1.165) is 16.7 Å². The third-order valence-corrected chi connectivity index (χ3v) is 4.14. The lowest BCUT2D eigenvalue weighted by Crippen LogP contribution is -2.33. The van der Waals surface area contributed by atoms with Crippen LogP contribution in [0.5, 0.6) is 0 Å². The van der Waals surface area contributed by atoms with Crippen LogP contribution in [-0.4, -0.2) is 10.9 Å². The average Bonchev–Trinajstić information content (AvgIpc) is 2.66. The first-order valence-electron chi connectivity index (χ1n) is 8.29. The van der Waals surface area contributed by atoms with Crippen LogP contribution >= 0.6 is 0 Å². The predicted molar refractivity (Wildman–Crippen MR) is 98.8 cm³/mol. The zero-order chi connectivity index (χ0) is 18.5. The second kappa shape index (κ2) is 7.78. The molecule has 0 fully saturated rings. The van der Waals surface area contributed by atoms with E-state index in [0.29, 0.717) is 0 Å². The molecule has 2 N–H and O–H groups in total. The number of halogens is 1. The van der Waals surface area contributed by atoms with Gasteiger partial charge in [0.05, 0.1) is 6.04 Å². The minimum atomic E-state index is -0.785. The Kier molecular flexibility index (Phi) is 5.27. The standard InChI is InChI=1S/C21H19FN2O2/c1-14-6-5-9-16(12-14)19(15-7-3-2-4-8-15)24-21(26)18-11-10-17(13-22)23-20(18)25/h2-12,19H,13H2,1H3,(H,23,25)(H,24,26). The minimum Gasteiger partial charge on any atom is -0.341 e. The largest absolute Gasteiger partial charge is 0.341 e. The quantitative estimate of drug-likeness (QED) is 0.737. The number of hydrogen-bond acceptors (Lipinski definition) is 2. The van der Waals surface area contributed by atoms with Gasteiger partial charge in [0, 0.05) is 5.69 Å². The monoisotopic (exact) mass is 350 g/mol. The van der Waals surface area contributed by atoms with E-state index in [2.05, 4.69) is 10.3 Å². The first kappa shape index (κ1) is 17.6. The van der Waals surface area contributed by atoms with Crippen molar-refractivity contribution in [2.24, 2.45) is 0 Å². The molecule has 0 aliphatic rings. The summed E-state index contributed by atoms with van der Waals surface area (Å²) in [6, 6.07) is 19.7. The first-order chi connectivity index (χ1) is 12.6. The molecule has 26 heavy (non-hydrogen) atoms. The highest BCUT2D eigenvalue weighted by molar-refractivity contribution is 5.94. The molecule has 1 heterocycles. The van der Waals surface area contributed by atoms with E-state index in [9.17, 15) is 14.0 Å². The lowest BCUT2D eigenvalue weighted by molar-refractivity contribution is 0.0941. The molecule has 0 bridgehead atoms. The van der Waals surface area contributed by atoms with Gasteiger partial charge in [0.1, 0.15) is 12.2 Å². The molecule has 0 radical (unpaired) electrons. The van der Waals surface area contributed by atoms with E-state index >= 15 is 0 Å². The summed E-state index contributed by atoms with van der Waals surface area (Å²) in [5.41, 5.74) is 2.39. The lowest BCUT2D eigenvalue weighted by atomic mass is 9.97. The van der Waals surface area contributed by atoms with Gasteiger partial charge in [-0.15, -0.1) is 0 Å². The highest BCUT2D eigenvalue weighted by atomic mass is 19.1. The average molecular weight is 350 g/mol. The molecule has 0 saturated heterocycles. The molecule has 4 nitrogen and oxygen atoms in total. The smallest absolute Gasteiger partial charge is 0.261 e. The maximum Gasteiger partial charge on any atom is 0.261 e. The summed E-state index contributed by atoms with van der Waals surface area (Å²) in [6.07, 6.45) is 0. The summed E-state index contributed by atoms with van der Waals surface area (Å²) in [5.74, 6) is -0.507. The zero-order valence-corrected chi connectivity index (χ0v) is 14.3. The van der Waals surface area contributed by atoms with Gasteiger partial charge in [-0.1, -0.05) is 60.2 Å². The molecule has 1 unspecified atom stereocenters. The summed E-state index contributed by atoms with van der Waals surface area (Å²) < 4.78 is 12.7. The van der Waals surface area contributed by atoms with E-state index in [1.54, 1.807) is 0 Å². The number of carbonyl (C=O) groups is 1. The van der Waals surface area contributed by atoms with Crippen LogP contribution in [0.3, 0.4) is 0 Å². The van der Waals surface area contributed by atoms with E-state index in [1.807, 2.05) is 61.5 Å². The second-order valence-corrected chi connectivity index (χ2v) is 6.09. The number of rotatable bonds is 5. The topological polar surface area (TPSA) is 62.0 Å². The van der Waals surface area contributed by atoms with Crippen LogP contribution in [0.2, 0.25) is 0 Å². The van der Waals surface area contributed by atoms with Crippen molar-refractivity contribution in [1.29, 1.82) is 0 Å². The molecular formula is C21H19FN2O2. The highest BCUT2D eigenvalue weighted by Crippen LogP contribution is 2.23. The Morgan fingerprint density at radius 3 is 2.42 bits per heavy atom. The number of pyridine rings is 1. The van der Waals surface area contributed by atoms with Gasteiger partial charge < -0.3 is 10.3 Å². The zero-order valence-electron chi connectivity index (χ0n) is 14.3. The van der Waals surface area contributed by atoms with Crippen LogP contribution in [0.15, 0.2) is 71.5 Å². The van der Waals surface area contributed by atoms with Gasteiger partial charge in [0.2, 0.25) is 0 Å². The van der Waals surface area contributed by atoms with Crippen LogP contribution in [0, 0.1) is 6.92 Å². The second-order valence-electron chi connectivity index (χ2n) is 6.09. The maximum atomic E-state index is 12.7. The number of aryl methyl sites for hydroxylation is 1. The van der Waals surface area contributed by atoms with E-state index in [-0.39, 0.29) is 11.3 Å².